The maximum absolute atomic E-state index is 13.0. The fourth-order valence-corrected chi connectivity index (χ4v) is 4.36. The molecule has 7 heteroatoms. The van der Waals surface area contributed by atoms with Crippen molar-refractivity contribution < 1.29 is 4.79 Å². The number of para-hydroxylation sites is 1. The average Bonchev–Trinajstić information content (AvgIpc) is 3.58. The maximum Gasteiger partial charge on any atom is 0.261 e. The molecule has 1 atom stereocenters. The number of nitrogens with zero attached hydrogens (tertiary/aromatic N) is 5. The largest absolute Gasteiger partial charge is 0.340 e. The Morgan fingerprint density at radius 3 is 2.53 bits per heavy atom. The number of nitriles is 1. The van der Waals surface area contributed by atoms with Gasteiger partial charge in [0, 0.05) is 45.1 Å². The quantitative estimate of drug-likeness (QED) is 0.734. The van der Waals surface area contributed by atoms with Crippen LogP contribution in [0.1, 0.15) is 45.0 Å². The van der Waals surface area contributed by atoms with Crippen LogP contribution in [0.2, 0.25) is 0 Å². The van der Waals surface area contributed by atoms with Crippen LogP contribution in [0.15, 0.2) is 29.1 Å². The van der Waals surface area contributed by atoms with E-state index in [1.165, 1.54) is 0 Å². The van der Waals surface area contributed by atoms with Gasteiger partial charge in [0.2, 0.25) is 5.91 Å². The standard InChI is InChI=1S/C23H29N5O2/c1-16(2)20(15-24)26-11-13-27(14-12-26)22(29)10-9-21-25-19-6-4-3-5-18(19)23(30)28(21)17-7-8-17/h3-6,16-17,20H,7-14H2,1-2H3. The summed E-state index contributed by atoms with van der Waals surface area (Å²) < 4.78 is 1.81. The Labute approximate surface area is 176 Å². The lowest BCUT2D eigenvalue weighted by Gasteiger charge is -2.38. The van der Waals surface area contributed by atoms with Gasteiger partial charge >= 0.3 is 0 Å². The first-order chi connectivity index (χ1) is 14.5. The van der Waals surface area contributed by atoms with Crippen LogP contribution in [0.3, 0.4) is 0 Å². The third-order valence-electron chi connectivity index (χ3n) is 6.18. The lowest BCUT2D eigenvalue weighted by molar-refractivity contribution is -0.133. The molecule has 1 aliphatic carbocycles. The predicted molar refractivity (Wildman–Crippen MR) is 115 cm³/mol. The second-order valence-corrected chi connectivity index (χ2v) is 8.69. The third-order valence-corrected chi connectivity index (χ3v) is 6.18. The summed E-state index contributed by atoms with van der Waals surface area (Å²) in [6.45, 7) is 6.85. The molecule has 0 radical (unpaired) electrons. The number of carbonyl (C=O) groups is 1. The van der Waals surface area contributed by atoms with E-state index in [-0.39, 0.29) is 29.5 Å². The minimum atomic E-state index is -0.1000. The van der Waals surface area contributed by atoms with Crippen LogP contribution in [-0.4, -0.2) is 57.5 Å². The maximum atomic E-state index is 13.0. The van der Waals surface area contributed by atoms with Gasteiger partial charge in [0.05, 0.1) is 17.0 Å². The van der Waals surface area contributed by atoms with Gasteiger partial charge in [-0.3, -0.25) is 19.1 Å². The molecule has 0 N–H and O–H groups in total. The lowest BCUT2D eigenvalue weighted by atomic mass is 10.0. The Kier molecular flexibility index (Phi) is 5.87. The van der Waals surface area contributed by atoms with Crippen LogP contribution < -0.4 is 5.56 Å². The molecule has 158 valence electrons. The minimum Gasteiger partial charge on any atom is -0.340 e. The summed E-state index contributed by atoms with van der Waals surface area (Å²) >= 11 is 0. The molecular formula is C23H29N5O2. The highest BCUT2D eigenvalue weighted by Gasteiger charge is 2.30. The average molecular weight is 408 g/mol. The number of aryl methyl sites for hydroxylation is 1. The van der Waals surface area contributed by atoms with Crippen LogP contribution >= 0.6 is 0 Å². The molecule has 1 aliphatic heterocycles. The van der Waals surface area contributed by atoms with Gasteiger partial charge in [-0.2, -0.15) is 5.26 Å². The van der Waals surface area contributed by atoms with Crippen molar-refractivity contribution in [2.24, 2.45) is 5.92 Å². The Morgan fingerprint density at radius 2 is 1.90 bits per heavy atom. The van der Waals surface area contributed by atoms with Gasteiger partial charge in [0.1, 0.15) is 11.9 Å². The Bertz CT molecular complexity index is 1030. The summed E-state index contributed by atoms with van der Waals surface area (Å²) in [5, 5.41) is 10.0. The fraction of sp³-hybridized carbons (Fsp3) is 0.565. The Balaban J connectivity index is 1.43. The van der Waals surface area contributed by atoms with Crippen molar-refractivity contribution in [1.29, 1.82) is 5.26 Å². The van der Waals surface area contributed by atoms with E-state index >= 15 is 0 Å². The monoisotopic (exact) mass is 407 g/mol. The first-order valence-electron chi connectivity index (χ1n) is 10.9. The number of aromatic nitrogens is 2. The van der Waals surface area contributed by atoms with E-state index in [1.807, 2.05) is 33.7 Å². The van der Waals surface area contributed by atoms with E-state index in [9.17, 15) is 14.9 Å². The van der Waals surface area contributed by atoms with Crippen LogP contribution in [0, 0.1) is 17.2 Å². The molecule has 4 rings (SSSR count). The molecule has 1 saturated carbocycles. The molecule has 0 bridgehead atoms. The van der Waals surface area contributed by atoms with Crippen molar-refractivity contribution in [3.63, 3.8) is 0 Å². The molecule has 1 saturated heterocycles. The Hall–Kier alpha value is -2.72. The summed E-state index contributed by atoms with van der Waals surface area (Å²) in [6.07, 6.45) is 2.82. The molecular weight excluding hydrogens is 378 g/mol. The van der Waals surface area contributed by atoms with Gasteiger partial charge in [0.15, 0.2) is 0 Å². The van der Waals surface area contributed by atoms with Crippen molar-refractivity contribution in [3.05, 3.63) is 40.4 Å². The second kappa shape index (κ2) is 8.57. The summed E-state index contributed by atoms with van der Waals surface area (Å²) in [6, 6.07) is 9.94. The smallest absolute Gasteiger partial charge is 0.261 e. The number of rotatable bonds is 6. The summed E-state index contributed by atoms with van der Waals surface area (Å²) in [4.78, 5) is 34.6. The molecule has 1 aromatic heterocycles. The van der Waals surface area contributed by atoms with Crippen molar-refractivity contribution in [2.45, 2.75) is 51.6 Å². The van der Waals surface area contributed by atoms with Gasteiger partial charge in [-0.25, -0.2) is 4.98 Å². The van der Waals surface area contributed by atoms with Gasteiger partial charge in [-0.1, -0.05) is 26.0 Å². The molecule has 0 spiro atoms. The highest BCUT2D eigenvalue weighted by molar-refractivity contribution is 5.78. The molecule has 1 unspecified atom stereocenters. The molecule has 2 aliphatic rings. The van der Waals surface area contributed by atoms with Gasteiger partial charge in [0.25, 0.3) is 5.56 Å². The third kappa shape index (κ3) is 4.10. The summed E-state index contributed by atoms with van der Waals surface area (Å²) in [7, 11) is 0. The minimum absolute atomic E-state index is 0.00962. The Morgan fingerprint density at radius 1 is 1.20 bits per heavy atom. The zero-order valence-electron chi connectivity index (χ0n) is 17.8. The van der Waals surface area contributed by atoms with Gasteiger partial charge in [-0.15, -0.1) is 0 Å². The van der Waals surface area contributed by atoms with Crippen molar-refractivity contribution in [2.75, 3.05) is 26.2 Å². The van der Waals surface area contributed by atoms with Crippen LogP contribution in [0.5, 0.6) is 0 Å². The SMILES string of the molecule is CC(C)C(C#N)N1CCN(C(=O)CCc2nc3ccccc3c(=O)n2C2CC2)CC1. The molecule has 30 heavy (non-hydrogen) atoms. The zero-order valence-corrected chi connectivity index (χ0v) is 17.8. The predicted octanol–water partition coefficient (Wildman–Crippen LogP) is 2.36. The number of hydrogen-bond donors (Lipinski definition) is 0. The lowest BCUT2D eigenvalue weighted by Crippen LogP contribution is -2.52. The molecule has 1 amide bonds. The van der Waals surface area contributed by atoms with Gasteiger partial charge < -0.3 is 4.90 Å². The zero-order chi connectivity index (χ0) is 21.3. The molecule has 2 fully saturated rings. The van der Waals surface area contributed by atoms with Crippen LogP contribution in [0.25, 0.3) is 10.9 Å². The number of amides is 1. The summed E-state index contributed by atoms with van der Waals surface area (Å²) in [5.41, 5.74) is 0.710. The number of carbonyl (C=O) groups excluding carboxylic acids is 1. The second-order valence-electron chi connectivity index (χ2n) is 8.69. The van der Waals surface area contributed by atoms with Crippen molar-refractivity contribution >= 4 is 16.8 Å². The number of piperazine rings is 1. The van der Waals surface area contributed by atoms with E-state index in [0.717, 1.165) is 31.8 Å². The topological polar surface area (TPSA) is 82.2 Å². The van der Waals surface area contributed by atoms with Crippen LogP contribution in [-0.2, 0) is 11.2 Å². The first-order valence-corrected chi connectivity index (χ1v) is 10.9. The summed E-state index contributed by atoms with van der Waals surface area (Å²) in [5.74, 6) is 1.09. The first kappa shape index (κ1) is 20.5. The van der Waals surface area contributed by atoms with Gasteiger partial charge in [-0.05, 0) is 30.9 Å². The molecule has 2 aromatic rings. The number of hydrogen-bond acceptors (Lipinski definition) is 5. The normalized spacial score (nSPS) is 18.5. The van der Waals surface area contributed by atoms with Crippen LogP contribution in [0.4, 0.5) is 0 Å². The van der Waals surface area contributed by atoms with E-state index in [1.54, 1.807) is 0 Å². The van der Waals surface area contributed by atoms with E-state index < -0.39 is 0 Å². The molecule has 1 aromatic carbocycles. The van der Waals surface area contributed by atoms with E-state index in [0.29, 0.717) is 36.8 Å². The number of fused-ring (bicyclic) bond motifs is 1. The number of benzene rings is 1. The van der Waals surface area contributed by atoms with Crippen molar-refractivity contribution in [1.82, 2.24) is 19.4 Å². The molecule has 2 heterocycles. The fourth-order valence-electron chi connectivity index (χ4n) is 4.36. The molecule has 7 nitrogen and oxygen atoms in total. The highest BCUT2D eigenvalue weighted by Crippen LogP contribution is 2.35. The van der Waals surface area contributed by atoms with E-state index in [2.05, 4.69) is 24.8 Å². The van der Waals surface area contributed by atoms with Crippen molar-refractivity contribution in [3.8, 4) is 6.07 Å². The highest BCUT2D eigenvalue weighted by atomic mass is 16.2. The van der Waals surface area contributed by atoms with E-state index in [4.69, 9.17) is 4.98 Å².